The Morgan fingerprint density at radius 2 is 0.711 bits per heavy atom. The summed E-state index contributed by atoms with van der Waals surface area (Å²) in [4.78, 5) is 0. The maximum absolute atomic E-state index is 14.4. The zero-order valence-electron chi connectivity index (χ0n) is 24.8. The monoisotopic (exact) mass is 684 g/mol. The highest BCUT2D eigenvalue weighted by molar-refractivity contribution is 7.79. The first kappa shape index (κ1) is 32.6. The van der Waals surface area contributed by atoms with E-state index in [1.807, 2.05) is 121 Å². The molecule has 236 valence electrons. The molecule has 12 heteroatoms. The minimum Gasteiger partial charge on any atom is -0.314 e. The van der Waals surface area contributed by atoms with Crippen molar-refractivity contribution in [1.82, 2.24) is 0 Å². The Bertz CT molecular complexity index is 1540. The van der Waals surface area contributed by atoms with Crippen molar-refractivity contribution in [3.8, 4) is 0 Å². The molecule has 6 rings (SSSR count). The molecule has 2 aliphatic rings. The number of hydrogen-bond donors (Lipinski definition) is 0. The van der Waals surface area contributed by atoms with Gasteiger partial charge in [0.15, 0.2) is 0 Å². The van der Waals surface area contributed by atoms with Gasteiger partial charge in [-0.2, -0.15) is 0 Å². The molecule has 0 radical (unpaired) electrons. The van der Waals surface area contributed by atoms with Crippen LogP contribution in [0.3, 0.4) is 0 Å². The Morgan fingerprint density at radius 3 is 0.956 bits per heavy atom. The van der Waals surface area contributed by atoms with Crippen LogP contribution in [0.2, 0.25) is 0 Å². The van der Waals surface area contributed by atoms with Gasteiger partial charge in [0.2, 0.25) is 0 Å². The van der Waals surface area contributed by atoms with Crippen LogP contribution in [0.5, 0.6) is 0 Å². The highest BCUT2D eigenvalue weighted by atomic mass is 31.2. The van der Waals surface area contributed by atoms with Crippen LogP contribution >= 0.6 is 29.5 Å². The van der Waals surface area contributed by atoms with Crippen molar-refractivity contribution >= 4 is 50.7 Å². The quantitative estimate of drug-likeness (QED) is 0.175. The summed E-state index contributed by atoms with van der Waals surface area (Å²) >= 11 is 0. The SMILES string of the molecule is O=P1(CCP(=O)(c2ccccc2)c2ccccc2)OCC2(CO1)COP(=O)(CCP(=O)(c1ccccc1)c1ccccc1)OC2. The fourth-order valence-electron chi connectivity index (χ4n) is 5.54. The zero-order valence-corrected chi connectivity index (χ0v) is 28.3. The molecule has 0 unspecified atom stereocenters. The molecule has 0 bridgehead atoms. The third-order valence-corrected chi connectivity index (χ3v) is 18.9. The van der Waals surface area contributed by atoms with Crippen LogP contribution in [0.1, 0.15) is 0 Å². The lowest BCUT2D eigenvalue weighted by Gasteiger charge is -2.43. The lowest BCUT2D eigenvalue weighted by molar-refractivity contribution is -0.0680. The molecule has 0 saturated carbocycles. The van der Waals surface area contributed by atoms with E-state index < -0.39 is 34.9 Å². The summed E-state index contributed by atoms with van der Waals surface area (Å²) in [5.74, 6) is 0. The average Bonchev–Trinajstić information content (AvgIpc) is 3.11. The maximum Gasteiger partial charge on any atom is 0.331 e. The summed E-state index contributed by atoms with van der Waals surface area (Å²) in [6.07, 6.45) is 0.212. The Hall–Kier alpha value is -2.36. The van der Waals surface area contributed by atoms with Crippen LogP contribution < -0.4 is 21.2 Å². The minimum atomic E-state index is -3.57. The number of benzene rings is 4. The molecular formula is C33H36O8P4. The lowest BCUT2D eigenvalue weighted by atomic mass is 9.93. The van der Waals surface area contributed by atoms with Crippen molar-refractivity contribution in [2.45, 2.75) is 0 Å². The van der Waals surface area contributed by atoms with E-state index in [2.05, 4.69) is 0 Å². The fraction of sp³-hybridized carbons (Fsp3) is 0.273. The predicted molar refractivity (Wildman–Crippen MR) is 180 cm³/mol. The predicted octanol–water partition coefficient (Wildman–Crippen LogP) is 6.48. The van der Waals surface area contributed by atoms with Gasteiger partial charge in [-0.15, -0.1) is 0 Å². The largest absolute Gasteiger partial charge is 0.331 e. The van der Waals surface area contributed by atoms with Gasteiger partial charge in [-0.3, -0.25) is 9.13 Å². The molecule has 0 amide bonds. The molecule has 4 aromatic rings. The van der Waals surface area contributed by atoms with Crippen molar-refractivity contribution < 1.29 is 36.4 Å². The first-order valence-corrected chi connectivity index (χ1v) is 22.1. The van der Waals surface area contributed by atoms with Crippen LogP contribution in [0.15, 0.2) is 121 Å². The second-order valence-corrected chi connectivity index (χ2v) is 21.8. The molecule has 0 N–H and O–H groups in total. The molecule has 0 aromatic heterocycles. The van der Waals surface area contributed by atoms with Gasteiger partial charge >= 0.3 is 15.2 Å². The Kier molecular flexibility index (Phi) is 9.70. The molecule has 8 nitrogen and oxygen atoms in total. The van der Waals surface area contributed by atoms with Crippen LogP contribution in [0.4, 0.5) is 0 Å². The third kappa shape index (κ3) is 7.15. The highest BCUT2D eigenvalue weighted by Crippen LogP contribution is 2.61. The van der Waals surface area contributed by atoms with Gasteiger partial charge in [-0.05, 0) is 0 Å². The number of rotatable bonds is 10. The number of hydrogen-bond acceptors (Lipinski definition) is 8. The van der Waals surface area contributed by atoms with E-state index in [1.165, 1.54) is 0 Å². The maximum atomic E-state index is 14.4. The van der Waals surface area contributed by atoms with Gasteiger partial charge in [0.1, 0.15) is 14.3 Å². The second-order valence-electron chi connectivity index (χ2n) is 11.5. The van der Waals surface area contributed by atoms with Gasteiger partial charge in [0.05, 0.1) is 44.2 Å². The van der Waals surface area contributed by atoms with Crippen molar-refractivity contribution in [1.29, 1.82) is 0 Å². The molecule has 45 heavy (non-hydrogen) atoms. The van der Waals surface area contributed by atoms with Crippen LogP contribution in [0.25, 0.3) is 0 Å². The molecule has 2 fully saturated rings. The smallest absolute Gasteiger partial charge is 0.314 e. The minimum absolute atomic E-state index is 0.0153. The average molecular weight is 685 g/mol. The highest BCUT2D eigenvalue weighted by Gasteiger charge is 2.49. The Balaban J connectivity index is 1.08. The van der Waals surface area contributed by atoms with E-state index in [1.54, 1.807) is 0 Å². The summed E-state index contributed by atoms with van der Waals surface area (Å²) in [6.45, 7) is 0.102. The Labute approximate surface area is 264 Å². The van der Waals surface area contributed by atoms with E-state index >= 15 is 0 Å². The topological polar surface area (TPSA) is 105 Å². The normalized spacial score (nSPS) is 25.6. The van der Waals surface area contributed by atoms with Crippen LogP contribution in [-0.4, -0.2) is 51.1 Å². The van der Waals surface area contributed by atoms with Gasteiger partial charge < -0.3 is 27.2 Å². The lowest BCUT2D eigenvalue weighted by Crippen LogP contribution is -2.46. The second kappa shape index (κ2) is 13.4. The standard InChI is InChI=1S/C33H36O8P4/c34-42(29-13-5-1-6-14-29,30-15-7-2-8-16-30)21-23-44(36)38-25-33(26-39-44)27-40-45(37,41-28-33)24-22-43(35,31-17-9-3-10-18-31)32-19-11-4-12-20-32/h1-20H,21-28H2. The van der Waals surface area contributed by atoms with Gasteiger partial charge in [-0.1, -0.05) is 121 Å². The van der Waals surface area contributed by atoms with E-state index in [0.29, 0.717) is 21.2 Å². The third-order valence-electron chi connectivity index (χ3n) is 8.34. The summed E-state index contributed by atoms with van der Waals surface area (Å²) in [5, 5.41) is 2.74. The van der Waals surface area contributed by atoms with E-state index in [-0.39, 0.29) is 51.1 Å². The van der Waals surface area contributed by atoms with Crippen molar-refractivity contribution in [2.75, 3.05) is 51.1 Å². The summed E-state index contributed by atoms with van der Waals surface area (Å²) < 4.78 is 79.4. The summed E-state index contributed by atoms with van der Waals surface area (Å²) in [5.41, 5.74) is -0.785. The molecular weight excluding hydrogens is 648 g/mol. The van der Waals surface area contributed by atoms with Crippen molar-refractivity contribution in [3.63, 3.8) is 0 Å². The molecule has 2 aliphatic heterocycles. The molecule has 2 heterocycles. The van der Waals surface area contributed by atoms with Gasteiger partial charge in [0, 0.05) is 33.5 Å². The van der Waals surface area contributed by atoms with Gasteiger partial charge in [0.25, 0.3) is 0 Å². The molecule has 4 aromatic carbocycles. The first-order chi connectivity index (χ1) is 21.7. The van der Waals surface area contributed by atoms with Gasteiger partial charge in [-0.25, -0.2) is 0 Å². The Morgan fingerprint density at radius 1 is 0.467 bits per heavy atom. The summed E-state index contributed by atoms with van der Waals surface area (Å²) in [6, 6.07) is 36.8. The molecule has 0 aliphatic carbocycles. The van der Waals surface area contributed by atoms with E-state index in [4.69, 9.17) is 18.1 Å². The first-order valence-electron chi connectivity index (χ1n) is 14.8. The van der Waals surface area contributed by atoms with Crippen molar-refractivity contribution in [2.24, 2.45) is 5.41 Å². The van der Waals surface area contributed by atoms with E-state index in [9.17, 15) is 18.3 Å². The molecule has 1 spiro atoms. The van der Waals surface area contributed by atoms with Crippen LogP contribution in [0, 0.1) is 5.41 Å². The zero-order chi connectivity index (χ0) is 31.4. The van der Waals surface area contributed by atoms with Crippen LogP contribution in [-0.2, 0) is 36.4 Å². The summed E-state index contributed by atoms with van der Waals surface area (Å²) in [7, 11) is -13.3. The van der Waals surface area contributed by atoms with Crippen molar-refractivity contribution in [3.05, 3.63) is 121 Å². The molecule has 0 atom stereocenters. The fourth-order valence-corrected chi connectivity index (χ4v) is 16.5. The van der Waals surface area contributed by atoms with E-state index in [0.717, 1.165) is 0 Å². The molecule has 2 saturated heterocycles.